The van der Waals surface area contributed by atoms with Gasteiger partial charge in [-0.3, -0.25) is 4.98 Å². The first-order valence-corrected chi connectivity index (χ1v) is 5.62. The third kappa shape index (κ3) is 4.70. The molecule has 0 bridgehead atoms. The fourth-order valence-corrected chi connectivity index (χ4v) is 1.54. The van der Waals surface area contributed by atoms with E-state index in [1.165, 1.54) is 5.56 Å². The van der Waals surface area contributed by atoms with Crippen LogP contribution >= 0.6 is 0 Å². The van der Waals surface area contributed by atoms with E-state index in [4.69, 9.17) is 5.73 Å². The van der Waals surface area contributed by atoms with E-state index in [1.54, 1.807) is 6.20 Å². The summed E-state index contributed by atoms with van der Waals surface area (Å²) < 4.78 is 0. The Bertz CT molecular complexity index is 315. The van der Waals surface area contributed by atoms with Crippen molar-refractivity contribution in [3.8, 4) is 0 Å². The lowest BCUT2D eigenvalue weighted by Crippen LogP contribution is -2.22. The number of aromatic nitrogens is 1. The summed E-state index contributed by atoms with van der Waals surface area (Å²) in [4.78, 5) is 6.34. The minimum atomic E-state index is -0.237. The standard InChI is InChI=1S/C12H21N3O/c1-10(16)4-6-15(2)9-11-3-5-14-12(7-11)8-13/h3,5,7,10,16H,4,6,8-9,13H2,1-2H3. The van der Waals surface area contributed by atoms with Gasteiger partial charge in [-0.25, -0.2) is 0 Å². The van der Waals surface area contributed by atoms with Crippen molar-refractivity contribution in [3.63, 3.8) is 0 Å². The van der Waals surface area contributed by atoms with Gasteiger partial charge in [0.15, 0.2) is 0 Å². The number of aliphatic hydroxyl groups excluding tert-OH is 1. The molecular weight excluding hydrogens is 202 g/mol. The third-order valence-electron chi connectivity index (χ3n) is 2.47. The summed E-state index contributed by atoms with van der Waals surface area (Å²) >= 11 is 0. The molecule has 0 aliphatic heterocycles. The molecule has 0 radical (unpaired) electrons. The molecular formula is C12H21N3O. The first-order valence-electron chi connectivity index (χ1n) is 5.62. The van der Waals surface area contributed by atoms with Gasteiger partial charge in [-0.1, -0.05) is 0 Å². The normalized spacial score (nSPS) is 13.1. The van der Waals surface area contributed by atoms with Crippen LogP contribution < -0.4 is 5.73 Å². The van der Waals surface area contributed by atoms with E-state index < -0.39 is 0 Å². The molecule has 0 saturated carbocycles. The maximum absolute atomic E-state index is 9.20. The van der Waals surface area contributed by atoms with Crippen molar-refractivity contribution in [2.45, 2.75) is 32.5 Å². The fourth-order valence-electron chi connectivity index (χ4n) is 1.54. The van der Waals surface area contributed by atoms with Crippen molar-refractivity contribution >= 4 is 0 Å². The molecule has 0 spiro atoms. The first kappa shape index (κ1) is 13.1. The summed E-state index contributed by atoms with van der Waals surface area (Å²) in [5.74, 6) is 0. The number of nitrogens with two attached hydrogens (primary N) is 1. The molecule has 0 aliphatic carbocycles. The molecule has 1 heterocycles. The van der Waals surface area contributed by atoms with Crippen LogP contribution in [0.3, 0.4) is 0 Å². The van der Waals surface area contributed by atoms with Crippen LogP contribution in [0.1, 0.15) is 24.6 Å². The molecule has 0 aliphatic rings. The molecule has 1 unspecified atom stereocenters. The zero-order chi connectivity index (χ0) is 12.0. The molecule has 0 fully saturated rings. The Morgan fingerprint density at radius 2 is 2.31 bits per heavy atom. The molecule has 3 N–H and O–H groups in total. The number of hydrogen-bond donors (Lipinski definition) is 2. The number of rotatable bonds is 6. The number of pyridine rings is 1. The molecule has 0 saturated heterocycles. The van der Waals surface area contributed by atoms with Crippen LogP contribution in [-0.4, -0.2) is 34.7 Å². The van der Waals surface area contributed by atoms with E-state index >= 15 is 0 Å². The van der Waals surface area contributed by atoms with Crippen LogP contribution in [0.5, 0.6) is 0 Å². The highest BCUT2D eigenvalue weighted by Crippen LogP contribution is 2.05. The largest absolute Gasteiger partial charge is 0.393 e. The topological polar surface area (TPSA) is 62.4 Å². The van der Waals surface area contributed by atoms with Gasteiger partial charge in [0, 0.05) is 25.8 Å². The smallest absolute Gasteiger partial charge is 0.0542 e. The van der Waals surface area contributed by atoms with Gasteiger partial charge in [-0.05, 0) is 38.1 Å². The average Bonchev–Trinajstić information content (AvgIpc) is 2.26. The van der Waals surface area contributed by atoms with Gasteiger partial charge in [-0.15, -0.1) is 0 Å². The molecule has 4 nitrogen and oxygen atoms in total. The molecule has 4 heteroatoms. The predicted molar refractivity (Wildman–Crippen MR) is 64.8 cm³/mol. The van der Waals surface area contributed by atoms with Crippen molar-refractivity contribution in [2.75, 3.05) is 13.6 Å². The van der Waals surface area contributed by atoms with Gasteiger partial charge in [-0.2, -0.15) is 0 Å². The fraction of sp³-hybridized carbons (Fsp3) is 0.583. The van der Waals surface area contributed by atoms with Gasteiger partial charge >= 0.3 is 0 Å². The Kier molecular flexibility index (Phi) is 5.38. The molecule has 1 aromatic rings. The Labute approximate surface area is 97.1 Å². The lowest BCUT2D eigenvalue weighted by atomic mass is 10.2. The second kappa shape index (κ2) is 6.58. The summed E-state index contributed by atoms with van der Waals surface area (Å²) in [7, 11) is 2.05. The highest BCUT2D eigenvalue weighted by molar-refractivity contribution is 5.16. The summed E-state index contributed by atoms with van der Waals surface area (Å²) in [5.41, 5.74) is 7.67. The number of nitrogens with zero attached hydrogens (tertiary/aromatic N) is 2. The average molecular weight is 223 g/mol. The molecule has 1 atom stereocenters. The van der Waals surface area contributed by atoms with Gasteiger partial charge in [0.25, 0.3) is 0 Å². The van der Waals surface area contributed by atoms with Crippen molar-refractivity contribution in [2.24, 2.45) is 5.73 Å². The highest BCUT2D eigenvalue weighted by Gasteiger charge is 2.03. The third-order valence-corrected chi connectivity index (χ3v) is 2.47. The van der Waals surface area contributed by atoms with E-state index in [0.29, 0.717) is 6.54 Å². The van der Waals surface area contributed by atoms with Crippen LogP contribution in [0.15, 0.2) is 18.3 Å². The van der Waals surface area contributed by atoms with E-state index in [1.807, 2.05) is 26.1 Å². The van der Waals surface area contributed by atoms with Crippen molar-refractivity contribution in [1.29, 1.82) is 0 Å². The van der Waals surface area contributed by atoms with E-state index in [-0.39, 0.29) is 6.10 Å². The maximum atomic E-state index is 9.20. The monoisotopic (exact) mass is 223 g/mol. The van der Waals surface area contributed by atoms with Crippen LogP contribution in [0, 0.1) is 0 Å². The second-order valence-electron chi connectivity index (χ2n) is 4.24. The molecule has 0 aromatic carbocycles. The number of hydrogen-bond acceptors (Lipinski definition) is 4. The minimum absolute atomic E-state index is 0.237. The summed E-state index contributed by atoms with van der Waals surface area (Å²) in [6.07, 6.45) is 2.35. The SMILES string of the molecule is CC(O)CCN(C)Cc1ccnc(CN)c1. The summed E-state index contributed by atoms with van der Waals surface area (Å²) in [6.45, 7) is 4.04. The Hall–Kier alpha value is -0.970. The molecule has 0 amide bonds. The second-order valence-corrected chi connectivity index (χ2v) is 4.24. The molecule has 90 valence electrons. The zero-order valence-electron chi connectivity index (χ0n) is 10.1. The highest BCUT2D eigenvalue weighted by atomic mass is 16.3. The first-order chi connectivity index (χ1) is 7.61. The van der Waals surface area contributed by atoms with Gasteiger partial charge < -0.3 is 15.7 Å². The van der Waals surface area contributed by atoms with E-state index in [9.17, 15) is 5.11 Å². The van der Waals surface area contributed by atoms with Crippen LogP contribution in [0.4, 0.5) is 0 Å². The van der Waals surface area contributed by atoms with Gasteiger partial charge in [0.2, 0.25) is 0 Å². The Morgan fingerprint density at radius 3 is 2.94 bits per heavy atom. The van der Waals surface area contributed by atoms with Crippen molar-refractivity contribution < 1.29 is 5.11 Å². The molecule has 1 aromatic heterocycles. The van der Waals surface area contributed by atoms with Gasteiger partial charge in [0.1, 0.15) is 0 Å². The number of aliphatic hydroxyl groups is 1. The van der Waals surface area contributed by atoms with Crippen molar-refractivity contribution in [3.05, 3.63) is 29.6 Å². The Morgan fingerprint density at radius 1 is 1.56 bits per heavy atom. The lowest BCUT2D eigenvalue weighted by molar-refractivity contribution is 0.163. The van der Waals surface area contributed by atoms with Crippen LogP contribution in [0.25, 0.3) is 0 Å². The lowest BCUT2D eigenvalue weighted by Gasteiger charge is -2.17. The van der Waals surface area contributed by atoms with Crippen LogP contribution in [-0.2, 0) is 13.1 Å². The zero-order valence-corrected chi connectivity index (χ0v) is 10.1. The predicted octanol–water partition coefficient (Wildman–Crippen LogP) is 0.743. The van der Waals surface area contributed by atoms with E-state index in [2.05, 4.69) is 9.88 Å². The summed E-state index contributed by atoms with van der Waals surface area (Å²) in [6, 6.07) is 4.02. The summed E-state index contributed by atoms with van der Waals surface area (Å²) in [5, 5.41) is 9.20. The quantitative estimate of drug-likeness (QED) is 0.747. The van der Waals surface area contributed by atoms with E-state index in [0.717, 1.165) is 25.2 Å². The van der Waals surface area contributed by atoms with Crippen molar-refractivity contribution in [1.82, 2.24) is 9.88 Å². The Balaban J connectivity index is 2.45. The molecule has 16 heavy (non-hydrogen) atoms. The minimum Gasteiger partial charge on any atom is -0.393 e. The molecule has 1 rings (SSSR count). The van der Waals surface area contributed by atoms with Crippen LogP contribution in [0.2, 0.25) is 0 Å². The maximum Gasteiger partial charge on any atom is 0.0542 e. The van der Waals surface area contributed by atoms with Gasteiger partial charge in [0.05, 0.1) is 11.8 Å².